The second-order valence-electron chi connectivity index (χ2n) is 7.45. The van der Waals surface area contributed by atoms with Gasteiger partial charge in [-0.1, -0.05) is 18.2 Å². The number of carbonyl (C=O) groups is 1. The molecule has 7 heteroatoms. The Hall–Kier alpha value is -2.93. The largest absolute Gasteiger partial charge is 0.306 e. The van der Waals surface area contributed by atoms with Gasteiger partial charge in [0.15, 0.2) is 9.84 Å². The van der Waals surface area contributed by atoms with Gasteiger partial charge in [0, 0.05) is 11.1 Å². The molecule has 0 aliphatic heterocycles. The summed E-state index contributed by atoms with van der Waals surface area (Å²) in [6.45, 7) is 3.28. The Morgan fingerprint density at radius 1 is 1.03 bits per heavy atom. The minimum atomic E-state index is -3.37. The lowest BCUT2D eigenvalue weighted by Gasteiger charge is -2.12. The second kappa shape index (κ2) is 7.48. The summed E-state index contributed by atoms with van der Waals surface area (Å²) in [6.07, 6.45) is 2.81. The number of aromatic nitrogens is 2. The van der Waals surface area contributed by atoms with E-state index in [9.17, 15) is 13.2 Å². The summed E-state index contributed by atoms with van der Waals surface area (Å²) in [5.41, 5.74) is 3.37. The highest BCUT2D eigenvalue weighted by atomic mass is 32.2. The Labute approximate surface area is 170 Å². The standard InChI is InChI=1S/C22H23N3O3S/c1-15(2)29(27,28)18-13-11-16(12-14-18)22(26)23-21-19-9-6-10-20(19)24-25(21)17-7-4-3-5-8-17/h3-5,7-8,11-15H,6,9-10H2,1-2H3,(H,23,26). The molecule has 0 fully saturated rings. The number of nitrogens with zero attached hydrogens (tertiary/aromatic N) is 2. The highest BCUT2D eigenvalue weighted by Gasteiger charge is 2.25. The van der Waals surface area contributed by atoms with Crippen LogP contribution < -0.4 is 5.32 Å². The SMILES string of the molecule is CC(C)S(=O)(=O)c1ccc(C(=O)Nc2c3c(nn2-c2ccccc2)CCC3)cc1. The van der Waals surface area contributed by atoms with Crippen molar-refractivity contribution in [2.24, 2.45) is 0 Å². The quantitative estimate of drug-likeness (QED) is 0.695. The number of para-hydroxylation sites is 1. The van der Waals surface area contributed by atoms with E-state index in [0.29, 0.717) is 11.4 Å². The molecule has 1 aliphatic carbocycles. The molecule has 0 unspecified atom stereocenters. The normalized spacial score (nSPS) is 13.5. The summed E-state index contributed by atoms with van der Waals surface area (Å²) in [6, 6.07) is 15.8. The lowest BCUT2D eigenvalue weighted by Crippen LogP contribution is -2.17. The van der Waals surface area contributed by atoms with Crippen molar-refractivity contribution in [2.75, 3.05) is 5.32 Å². The third-order valence-electron chi connectivity index (χ3n) is 5.21. The Kier molecular flexibility index (Phi) is 5.00. The van der Waals surface area contributed by atoms with Gasteiger partial charge in [-0.3, -0.25) is 4.79 Å². The van der Waals surface area contributed by atoms with Crippen molar-refractivity contribution in [3.63, 3.8) is 0 Å². The average molecular weight is 410 g/mol. The van der Waals surface area contributed by atoms with Gasteiger partial charge in [0.2, 0.25) is 0 Å². The fraction of sp³-hybridized carbons (Fsp3) is 0.273. The lowest BCUT2D eigenvalue weighted by atomic mass is 10.2. The second-order valence-corrected chi connectivity index (χ2v) is 9.95. The highest BCUT2D eigenvalue weighted by Crippen LogP contribution is 2.31. The number of hydrogen-bond donors (Lipinski definition) is 1. The van der Waals surface area contributed by atoms with Crippen LogP contribution in [0.3, 0.4) is 0 Å². The molecule has 2 aromatic carbocycles. The maximum atomic E-state index is 12.9. The first-order valence-corrected chi connectivity index (χ1v) is 11.2. The number of carbonyl (C=O) groups excluding carboxylic acids is 1. The zero-order valence-corrected chi connectivity index (χ0v) is 17.2. The monoisotopic (exact) mass is 409 g/mol. The number of rotatable bonds is 5. The summed E-state index contributed by atoms with van der Waals surface area (Å²) in [7, 11) is -3.37. The number of benzene rings is 2. The van der Waals surface area contributed by atoms with E-state index in [2.05, 4.69) is 5.32 Å². The Morgan fingerprint density at radius 3 is 2.38 bits per heavy atom. The molecule has 0 atom stereocenters. The third-order valence-corrected chi connectivity index (χ3v) is 7.38. The van der Waals surface area contributed by atoms with E-state index in [1.807, 2.05) is 30.3 Å². The topological polar surface area (TPSA) is 81.1 Å². The zero-order chi connectivity index (χ0) is 20.6. The maximum absolute atomic E-state index is 12.9. The number of hydrogen-bond acceptors (Lipinski definition) is 4. The van der Waals surface area contributed by atoms with Crippen LogP contribution in [0.1, 0.15) is 41.9 Å². The number of nitrogens with one attached hydrogen (secondary N) is 1. The van der Waals surface area contributed by atoms with Crippen molar-refractivity contribution >= 4 is 21.6 Å². The number of fused-ring (bicyclic) bond motifs is 1. The summed E-state index contributed by atoms with van der Waals surface area (Å²) in [5, 5.41) is 7.19. The third kappa shape index (κ3) is 3.58. The van der Waals surface area contributed by atoms with E-state index in [0.717, 1.165) is 36.2 Å². The molecule has 0 bridgehead atoms. The van der Waals surface area contributed by atoms with Crippen LogP contribution in [-0.2, 0) is 22.7 Å². The minimum absolute atomic E-state index is 0.222. The summed E-state index contributed by atoms with van der Waals surface area (Å²) >= 11 is 0. The van der Waals surface area contributed by atoms with Crippen molar-refractivity contribution in [1.82, 2.24) is 9.78 Å². The molecule has 0 saturated heterocycles. The summed E-state index contributed by atoms with van der Waals surface area (Å²) < 4.78 is 26.4. The fourth-order valence-corrected chi connectivity index (χ4v) is 4.58. The van der Waals surface area contributed by atoms with Crippen molar-refractivity contribution in [3.05, 3.63) is 71.4 Å². The Morgan fingerprint density at radius 2 is 1.72 bits per heavy atom. The maximum Gasteiger partial charge on any atom is 0.256 e. The number of aryl methyl sites for hydroxylation is 1. The molecule has 1 N–H and O–H groups in total. The molecule has 29 heavy (non-hydrogen) atoms. The van der Waals surface area contributed by atoms with Gasteiger partial charge in [0.25, 0.3) is 5.91 Å². The average Bonchev–Trinajstić information content (AvgIpc) is 3.31. The number of sulfone groups is 1. The van der Waals surface area contributed by atoms with Crippen LogP contribution in [0.25, 0.3) is 5.69 Å². The first-order chi connectivity index (χ1) is 13.9. The Bertz CT molecular complexity index is 1150. The van der Waals surface area contributed by atoms with E-state index in [4.69, 9.17) is 5.10 Å². The van der Waals surface area contributed by atoms with Crippen molar-refractivity contribution in [3.8, 4) is 5.69 Å². The van der Waals surface area contributed by atoms with E-state index >= 15 is 0 Å². The van der Waals surface area contributed by atoms with Gasteiger partial charge in [0.1, 0.15) is 5.82 Å². The molecule has 3 aromatic rings. The zero-order valence-electron chi connectivity index (χ0n) is 16.4. The van der Waals surface area contributed by atoms with E-state index in [-0.39, 0.29) is 10.8 Å². The number of amides is 1. The molecule has 0 spiro atoms. The summed E-state index contributed by atoms with van der Waals surface area (Å²) in [4.78, 5) is 13.1. The van der Waals surface area contributed by atoms with Crippen LogP contribution in [0.5, 0.6) is 0 Å². The predicted molar refractivity (Wildman–Crippen MR) is 112 cm³/mol. The molecular formula is C22H23N3O3S. The van der Waals surface area contributed by atoms with Crippen LogP contribution in [0.15, 0.2) is 59.5 Å². The molecule has 0 radical (unpaired) electrons. The molecule has 1 aromatic heterocycles. The molecule has 1 amide bonds. The summed E-state index contributed by atoms with van der Waals surface area (Å²) in [5.74, 6) is 0.401. The van der Waals surface area contributed by atoms with Crippen LogP contribution in [-0.4, -0.2) is 29.4 Å². The Balaban J connectivity index is 1.64. The predicted octanol–water partition coefficient (Wildman–Crippen LogP) is 3.80. The van der Waals surface area contributed by atoms with Gasteiger partial charge in [-0.2, -0.15) is 5.10 Å². The van der Waals surface area contributed by atoms with Crippen LogP contribution in [0.2, 0.25) is 0 Å². The van der Waals surface area contributed by atoms with Crippen LogP contribution in [0.4, 0.5) is 5.82 Å². The van der Waals surface area contributed by atoms with Gasteiger partial charge in [-0.25, -0.2) is 13.1 Å². The highest BCUT2D eigenvalue weighted by molar-refractivity contribution is 7.92. The van der Waals surface area contributed by atoms with E-state index in [1.54, 1.807) is 30.7 Å². The molecule has 4 rings (SSSR count). The van der Waals surface area contributed by atoms with Crippen LogP contribution in [0, 0.1) is 0 Å². The smallest absolute Gasteiger partial charge is 0.256 e. The van der Waals surface area contributed by atoms with Gasteiger partial charge in [-0.15, -0.1) is 0 Å². The van der Waals surface area contributed by atoms with Crippen molar-refractivity contribution in [1.29, 1.82) is 0 Å². The molecule has 0 saturated carbocycles. The van der Waals surface area contributed by atoms with Gasteiger partial charge < -0.3 is 5.32 Å². The van der Waals surface area contributed by atoms with Gasteiger partial charge >= 0.3 is 0 Å². The van der Waals surface area contributed by atoms with Crippen molar-refractivity contribution < 1.29 is 13.2 Å². The van der Waals surface area contributed by atoms with Crippen LogP contribution >= 0.6 is 0 Å². The lowest BCUT2D eigenvalue weighted by molar-refractivity contribution is 0.102. The molecule has 1 aliphatic rings. The van der Waals surface area contributed by atoms with Crippen molar-refractivity contribution in [2.45, 2.75) is 43.3 Å². The minimum Gasteiger partial charge on any atom is -0.306 e. The number of anilines is 1. The first-order valence-electron chi connectivity index (χ1n) is 9.69. The van der Waals surface area contributed by atoms with E-state index in [1.165, 1.54) is 12.1 Å². The molecule has 1 heterocycles. The van der Waals surface area contributed by atoms with Gasteiger partial charge in [-0.05, 0) is 69.5 Å². The van der Waals surface area contributed by atoms with E-state index < -0.39 is 15.1 Å². The molecule has 6 nitrogen and oxygen atoms in total. The van der Waals surface area contributed by atoms with Gasteiger partial charge in [0.05, 0.1) is 21.5 Å². The molecule has 150 valence electrons. The molecular weight excluding hydrogens is 386 g/mol. The fourth-order valence-electron chi connectivity index (χ4n) is 3.52. The first kappa shape index (κ1) is 19.4.